The van der Waals surface area contributed by atoms with Gasteiger partial charge in [-0.15, -0.1) is 0 Å². The lowest BCUT2D eigenvalue weighted by Gasteiger charge is -2.48. The molecule has 0 bridgehead atoms. The predicted molar refractivity (Wildman–Crippen MR) is 168 cm³/mol. The van der Waals surface area contributed by atoms with Gasteiger partial charge in [0.25, 0.3) is 0 Å². The molecular weight excluding hydrogens is 488 g/mol. The molecule has 4 aliphatic carbocycles. The van der Waals surface area contributed by atoms with Crippen LogP contribution in [0.1, 0.15) is 110 Å². The molecule has 0 unspecified atom stereocenters. The Morgan fingerprint density at radius 1 is 1.00 bits per heavy atom. The van der Waals surface area contributed by atoms with Gasteiger partial charge in [-0.25, -0.2) is 0 Å². The molecule has 0 amide bonds. The fourth-order valence-corrected chi connectivity index (χ4v) is 8.39. The van der Waals surface area contributed by atoms with Gasteiger partial charge in [0.15, 0.2) is 0 Å². The van der Waals surface area contributed by atoms with Crippen LogP contribution in [0.5, 0.6) is 5.75 Å². The first kappa shape index (κ1) is 28.9. The molecule has 0 aliphatic heterocycles. The smallest absolute Gasteiger partial charge is 0.139 e. The summed E-state index contributed by atoms with van der Waals surface area (Å²) >= 11 is 0. The minimum absolute atomic E-state index is 0.0470. The van der Waals surface area contributed by atoms with Crippen molar-refractivity contribution >= 4 is 5.78 Å². The highest BCUT2D eigenvalue weighted by molar-refractivity contribution is 5.87. The number of aryl methyl sites for hydroxylation is 1. The van der Waals surface area contributed by atoms with Gasteiger partial charge < -0.3 is 4.74 Å². The van der Waals surface area contributed by atoms with Crippen LogP contribution in [0.2, 0.25) is 0 Å². The van der Waals surface area contributed by atoms with Crippen molar-refractivity contribution in [2.75, 3.05) is 6.61 Å². The van der Waals surface area contributed by atoms with Gasteiger partial charge in [-0.3, -0.25) is 4.79 Å². The lowest BCUT2D eigenvalue weighted by atomic mass is 9.55. The first-order valence-corrected chi connectivity index (χ1v) is 15.8. The number of ether oxygens (including phenoxy) is 1. The monoisotopic (exact) mass is 538 g/mol. The lowest BCUT2D eigenvalue weighted by Crippen LogP contribution is -2.42. The number of fused-ring (bicyclic) bond motifs is 5. The zero-order valence-corrected chi connectivity index (χ0v) is 25.8. The minimum atomic E-state index is -0.0470. The summed E-state index contributed by atoms with van der Waals surface area (Å²) in [6.07, 6.45) is 23.5. The Kier molecular flexibility index (Phi) is 8.46. The van der Waals surface area contributed by atoms with Crippen molar-refractivity contribution in [3.05, 3.63) is 88.1 Å². The van der Waals surface area contributed by atoms with E-state index in [-0.39, 0.29) is 10.8 Å². The predicted octanol–water partition coefficient (Wildman–Crippen LogP) is 10.0. The molecule has 214 valence electrons. The molecule has 1 aromatic rings. The Labute approximate surface area is 243 Å². The summed E-state index contributed by atoms with van der Waals surface area (Å²) in [5.41, 5.74) is 8.74. The number of rotatable bonds is 7. The zero-order valence-electron chi connectivity index (χ0n) is 25.8. The van der Waals surface area contributed by atoms with Crippen LogP contribution in [0.15, 0.2) is 76.9 Å². The summed E-state index contributed by atoms with van der Waals surface area (Å²) < 4.78 is 6.15. The first-order valence-electron chi connectivity index (χ1n) is 15.8. The van der Waals surface area contributed by atoms with Crippen LogP contribution in [0.4, 0.5) is 0 Å². The van der Waals surface area contributed by atoms with Crippen molar-refractivity contribution in [2.24, 2.45) is 22.7 Å². The van der Waals surface area contributed by atoms with Crippen LogP contribution in [0, 0.1) is 22.7 Å². The van der Waals surface area contributed by atoms with E-state index in [4.69, 9.17) is 4.74 Å². The topological polar surface area (TPSA) is 26.3 Å². The molecule has 0 N–H and O–H groups in total. The molecule has 0 radical (unpaired) electrons. The van der Waals surface area contributed by atoms with Gasteiger partial charge in [0.1, 0.15) is 18.1 Å². The number of benzene rings is 1. The fraction of sp³-hybridized carbons (Fsp3) is 0.553. The molecule has 40 heavy (non-hydrogen) atoms. The quantitative estimate of drug-likeness (QED) is 0.323. The molecule has 4 atom stereocenters. The number of Topliss-reactive ketones (excluding diaryl/α,β-unsaturated/α-hetero) is 1. The van der Waals surface area contributed by atoms with Crippen LogP contribution < -0.4 is 4.74 Å². The highest BCUT2D eigenvalue weighted by Gasteiger charge is 2.54. The molecule has 0 saturated heterocycles. The molecule has 2 fully saturated rings. The average molecular weight is 539 g/mol. The first-order chi connectivity index (χ1) is 19.1. The van der Waals surface area contributed by atoms with Crippen molar-refractivity contribution < 1.29 is 9.53 Å². The third-order valence-corrected chi connectivity index (χ3v) is 10.8. The number of hydrogen-bond acceptors (Lipinski definition) is 2. The van der Waals surface area contributed by atoms with Crippen molar-refractivity contribution in [1.29, 1.82) is 0 Å². The summed E-state index contributed by atoms with van der Waals surface area (Å²) in [6.45, 7) is 14.2. The third kappa shape index (κ3) is 5.88. The van der Waals surface area contributed by atoms with E-state index in [1.54, 1.807) is 5.57 Å². The summed E-state index contributed by atoms with van der Waals surface area (Å²) in [6, 6.07) is 6.77. The van der Waals surface area contributed by atoms with E-state index in [9.17, 15) is 4.79 Å². The SMILES string of the molecule is CC1=C(/C=C/C(C)=C/C=C/C(C)=C/COc2ccc3c(c2)CC[C@@H]2[C@@H]3CC[C@]3(C)C(=O)CC[C@@H]23)C(C)(C)CCC1. The number of carbonyl (C=O) groups is 1. The van der Waals surface area contributed by atoms with Crippen LogP contribution in [-0.4, -0.2) is 12.4 Å². The standard InChI is InChI=1S/C38H50O2/c1-26(12-17-34-28(3)11-8-22-37(34,4)5)9-7-10-27(2)21-24-40-30-14-16-31-29(25-30)13-15-33-32(31)20-23-38(6)35(33)18-19-36(38)39/h7,9-10,12,14,16-17,21,25,32-33,35H,8,11,13,15,18-20,22-24H2,1-6H3/b10-7+,17-12+,26-9+,27-21+/t32-,33-,35+,38+/m1/s1. The third-order valence-electron chi connectivity index (χ3n) is 10.8. The highest BCUT2D eigenvalue weighted by Crippen LogP contribution is 2.59. The molecule has 2 heteroatoms. The van der Waals surface area contributed by atoms with Gasteiger partial charge >= 0.3 is 0 Å². The van der Waals surface area contributed by atoms with Crippen LogP contribution in [-0.2, 0) is 11.2 Å². The van der Waals surface area contributed by atoms with Gasteiger partial charge in [0, 0.05) is 11.8 Å². The summed E-state index contributed by atoms with van der Waals surface area (Å²) in [5.74, 6) is 3.38. The van der Waals surface area contributed by atoms with Crippen molar-refractivity contribution in [3.63, 3.8) is 0 Å². The Hall–Kier alpha value is -2.61. The number of ketones is 1. The van der Waals surface area contributed by atoms with Crippen molar-refractivity contribution in [3.8, 4) is 5.75 Å². The molecule has 0 heterocycles. The second kappa shape index (κ2) is 11.7. The second-order valence-electron chi connectivity index (χ2n) is 14.0. The van der Waals surface area contributed by atoms with E-state index in [0.717, 1.165) is 37.9 Å². The largest absolute Gasteiger partial charge is 0.490 e. The Morgan fingerprint density at radius 2 is 1.82 bits per heavy atom. The van der Waals surface area contributed by atoms with Crippen molar-refractivity contribution in [1.82, 2.24) is 0 Å². The highest BCUT2D eigenvalue weighted by atomic mass is 16.5. The van der Waals surface area contributed by atoms with Gasteiger partial charge in [-0.1, -0.05) is 73.9 Å². The Bertz CT molecular complexity index is 1280. The van der Waals surface area contributed by atoms with E-state index < -0.39 is 0 Å². The number of allylic oxidation sites excluding steroid dienone is 9. The zero-order chi connectivity index (χ0) is 28.5. The van der Waals surface area contributed by atoms with Crippen LogP contribution in [0.25, 0.3) is 0 Å². The molecule has 2 saturated carbocycles. The Balaban J connectivity index is 1.15. The van der Waals surface area contributed by atoms with E-state index in [1.165, 1.54) is 53.5 Å². The average Bonchev–Trinajstić information content (AvgIpc) is 3.22. The van der Waals surface area contributed by atoms with Crippen LogP contribution >= 0.6 is 0 Å². The summed E-state index contributed by atoms with van der Waals surface area (Å²) in [4.78, 5) is 12.6. The summed E-state index contributed by atoms with van der Waals surface area (Å²) in [7, 11) is 0. The molecule has 2 nitrogen and oxygen atoms in total. The molecule has 0 spiro atoms. The van der Waals surface area contributed by atoms with E-state index in [2.05, 4.69) is 96.2 Å². The Morgan fingerprint density at radius 3 is 2.62 bits per heavy atom. The molecule has 1 aromatic carbocycles. The van der Waals surface area contributed by atoms with Gasteiger partial charge in [-0.2, -0.15) is 0 Å². The van der Waals surface area contributed by atoms with Crippen LogP contribution in [0.3, 0.4) is 0 Å². The maximum Gasteiger partial charge on any atom is 0.139 e. The van der Waals surface area contributed by atoms with Gasteiger partial charge in [-0.05, 0) is 130 Å². The maximum atomic E-state index is 12.6. The normalized spacial score (nSPS) is 30.6. The number of carbonyl (C=O) groups excluding carboxylic acids is 1. The second-order valence-corrected chi connectivity index (χ2v) is 14.0. The molecule has 0 aromatic heterocycles. The lowest BCUT2D eigenvalue weighted by molar-refractivity contribution is -0.129. The van der Waals surface area contributed by atoms with E-state index in [0.29, 0.717) is 30.1 Å². The molecule has 4 aliphatic rings. The van der Waals surface area contributed by atoms with Gasteiger partial charge in [0.05, 0.1) is 0 Å². The van der Waals surface area contributed by atoms with E-state index in [1.807, 2.05) is 0 Å². The van der Waals surface area contributed by atoms with E-state index >= 15 is 0 Å². The fourth-order valence-electron chi connectivity index (χ4n) is 8.39. The van der Waals surface area contributed by atoms with Gasteiger partial charge in [0.2, 0.25) is 0 Å². The molecule has 5 rings (SSSR count). The maximum absolute atomic E-state index is 12.6. The number of hydrogen-bond donors (Lipinski definition) is 0. The van der Waals surface area contributed by atoms with Crippen molar-refractivity contribution in [2.45, 2.75) is 105 Å². The molecular formula is C38H50O2. The summed E-state index contributed by atoms with van der Waals surface area (Å²) in [5, 5.41) is 0. The minimum Gasteiger partial charge on any atom is -0.490 e.